The molecule has 1 aromatic heterocycles. The maximum absolute atomic E-state index is 12.3. The first-order chi connectivity index (χ1) is 8.56. The molecule has 0 radical (unpaired) electrons. The third-order valence-electron chi connectivity index (χ3n) is 2.53. The molecule has 0 saturated heterocycles. The Morgan fingerprint density at radius 3 is 2.61 bits per heavy atom. The minimum absolute atomic E-state index is 0.194. The number of hydrogen-bond acceptors (Lipinski definition) is 5. The molecule has 0 saturated carbocycles. The van der Waals surface area contributed by atoms with Gasteiger partial charge in [0, 0.05) is 33.4 Å². The largest absolute Gasteiger partial charge is 0.383 e. The highest BCUT2D eigenvalue weighted by molar-refractivity contribution is 7.89. The molecule has 0 aliphatic heterocycles. The highest BCUT2D eigenvalue weighted by Crippen LogP contribution is 2.15. The van der Waals surface area contributed by atoms with Crippen molar-refractivity contribution in [3.8, 4) is 0 Å². The van der Waals surface area contributed by atoms with Crippen molar-refractivity contribution in [2.24, 2.45) is 0 Å². The van der Waals surface area contributed by atoms with Gasteiger partial charge in [0.25, 0.3) is 0 Å². The summed E-state index contributed by atoms with van der Waals surface area (Å²) in [6.45, 7) is 2.90. The Bertz CT molecular complexity index is 459. The number of anilines is 1. The Labute approximate surface area is 108 Å². The quantitative estimate of drug-likeness (QED) is 0.795. The number of aromatic nitrogens is 1. The van der Waals surface area contributed by atoms with E-state index in [1.807, 2.05) is 0 Å². The van der Waals surface area contributed by atoms with Crippen molar-refractivity contribution in [2.45, 2.75) is 11.8 Å². The predicted molar refractivity (Wildman–Crippen MR) is 70.1 cm³/mol. The van der Waals surface area contributed by atoms with Gasteiger partial charge in [-0.15, -0.1) is 0 Å². The van der Waals surface area contributed by atoms with Crippen LogP contribution in [0, 0.1) is 0 Å². The number of nitrogens with zero attached hydrogens (tertiary/aromatic N) is 2. The molecule has 0 amide bonds. The van der Waals surface area contributed by atoms with Gasteiger partial charge in [-0.1, -0.05) is 6.92 Å². The summed E-state index contributed by atoms with van der Waals surface area (Å²) in [4.78, 5) is 4.21. The molecule has 6 nitrogen and oxygen atoms in total. The van der Waals surface area contributed by atoms with E-state index in [0.717, 1.165) is 0 Å². The van der Waals surface area contributed by atoms with Gasteiger partial charge in [-0.3, -0.25) is 0 Å². The molecule has 0 aliphatic rings. The van der Waals surface area contributed by atoms with Gasteiger partial charge in [0.1, 0.15) is 10.7 Å². The highest BCUT2D eigenvalue weighted by Gasteiger charge is 2.22. The second-order valence-corrected chi connectivity index (χ2v) is 5.56. The van der Waals surface area contributed by atoms with Crippen LogP contribution >= 0.6 is 0 Å². The van der Waals surface area contributed by atoms with E-state index in [1.165, 1.54) is 10.5 Å². The van der Waals surface area contributed by atoms with E-state index in [9.17, 15) is 8.42 Å². The number of pyridine rings is 1. The van der Waals surface area contributed by atoms with Crippen LogP contribution in [0.15, 0.2) is 23.2 Å². The zero-order valence-corrected chi connectivity index (χ0v) is 11.7. The van der Waals surface area contributed by atoms with Crippen LogP contribution in [0.1, 0.15) is 6.92 Å². The second-order valence-electron chi connectivity index (χ2n) is 3.62. The van der Waals surface area contributed by atoms with Gasteiger partial charge >= 0.3 is 0 Å². The maximum Gasteiger partial charge on any atom is 0.244 e. The fraction of sp³-hybridized carbons (Fsp3) is 0.545. The van der Waals surface area contributed by atoms with Crippen molar-refractivity contribution in [1.82, 2.24) is 9.29 Å². The van der Waals surface area contributed by atoms with Gasteiger partial charge in [-0.2, -0.15) is 4.31 Å². The monoisotopic (exact) mass is 273 g/mol. The van der Waals surface area contributed by atoms with Crippen LogP contribution in [0.4, 0.5) is 5.82 Å². The van der Waals surface area contributed by atoms with E-state index in [2.05, 4.69) is 10.3 Å². The Hall–Kier alpha value is -1.18. The van der Waals surface area contributed by atoms with Gasteiger partial charge < -0.3 is 10.1 Å². The summed E-state index contributed by atoms with van der Waals surface area (Å²) in [5.74, 6) is 0.633. The molecule has 7 heteroatoms. The van der Waals surface area contributed by atoms with Gasteiger partial charge in [0.05, 0.1) is 6.61 Å². The number of methoxy groups -OCH3 is 1. The smallest absolute Gasteiger partial charge is 0.244 e. The summed E-state index contributed by atoms with van der Waals surface area (Å²) in [5.41, 5.74) is 0. The minimum atomic E-state index is -3.49. The van der Waals surface area contributed by atoms with Crippen molar-refractivity contribution in [3.05, 3.63) is 18.3 Å². The van der Waals surface area contributed by atoms with Crippen molar-refractivity contribution in [1.29, 1.82) is 0 Å². The molecule has 0 aliphatic carbocycles. The number of rotatable bonds is 7. The number of nitrogens with one attached hydrogen (secondary N) is 1. The molecule has 0 atom stereocenters. The van der Waals surface area contributed by atoms with Crippen LogP contribution < -0.4 is 5.32 Å². The first-order valence-electron chi connectivity index (χ1n) is 5.69. The van der Waals surface area contributed by atoms with Gasteiger partial charge in [0.2, 0.25) is 10.0 Å². The lowest BCUT2D eigenvalue weighted by Crippen LogP contribution is -2.33. The summed E-state index contributed by atoms with van der Waals surface area (Å²) in [5, 5.41) is 2.84. The Kier molecular flexibility index (Phi) is 5.52. The van der Waals surface area contributed by atoms with Crippen LogP contribution in [0.3, 0.4) is 0 Å². The van der Waals surface area contributed by atoms with Crippen molar-refractivity contribution < 1.29 is 13.2 Å². The Morgan fingerprint density at radius 2 is 2.17 bits per heavy atom. The topological polar surface area (TPSA) is 71.5 Å². The van der Waals surface area contributed by atoms with Crippen LogP contribution in [-0.4, -0.2) is 51.6 Å². The van der Waals surface area contributed by atoms with Crippen LogP contribution in [0.5, 0.6) is 0 Å². The molecule has 1 rings (SSSR count). The first kappa shape index (κ1) is 14.9. The third-order valence-corrected chi connectivity index (χ3v) is 4.49. The van der Waals surface area contributed by atoms with Crippen molar-refractivity contribution in [3.63, 3.8) is 0 Å². The molecule has 102 valence electrons. The molecule has 1 heterocycles. The van der Waals surface area contributed by atoms with Crippen LogP contribution in [0.2, 0.25) is 0 Å². The lowest BCUT2D eigenvalue weighted by atomic mass is 10.5. The van der Waals surface area contributed by atoms with E-state index in [4.69, 9.17) is 4.74 Å². The maximum atomic E-state index is 12.3. The fourth-order valence-electron chi connectivity index (χ4n) is 1.47. The van der Waals surface area contributed by atoms with Crippen LogP contribution in [-0.2, 0) is 14.8 Å². The van der Waals surface area contributed by atoms with E-state index in [-0.39, 0.29) is 4.90 Å². The average molecular weight is 273 g/mol. The predicted octanol–water partition coefficient (Wildman–Crippen LogP) is 0.780. The molecular weight excluding hydrogens is 254 g/mol. The number of likely N-dealkylation sites (N-methyl/N-ethyl adjacent to an activating group) is 1. The molecule has 0 spiro atoms. The molecule has 1 N–H and O–H groups in total. The molecule has 0 bridgehead atoms. The van der Waals surface area contributed by atoms with Crippen molar-refractivity contribution >= 4 is 15.8 Å². The van der Waals surface area contributed by atoms with E-state index in [0.29, 0.717) is 25.5 Å². The summed E-state index contributed by atoms with van der Waals surface area (Å²) in [6.07, 6.45) is 1.36. The Morgan fingerprint density at radius 1 is 1.44 bits per heavy atom. The normalized spacial score (nSPS) is 11.8. The third kappa shape index (κ3) is 3.41. The van der Waals surface area contributed by atoms with E-state index >= 15 is 0 Å². The summed E-state index contributed by atoms with van der Waals surface area (Å²) < 4.78 is 30.8. The molecule has 0 unspecified atom stereocenters. The summed E-state index contributed by atoms with van der Waals surface area (Å²) in [7, 11) is -0.210. The van der Waals surface area contributed by atoms with Gasteiger partial charge in [0.15, 0.2) is 0 Å². The lowest BCUT2D eigenvalue weighted by Gasteiger charge is -2.19. The summed E-state index contributed by atoms with van der Waals surface area (Å²) >= 11 is 0. The lowest BCUT2D eigenvalue weighted by molar-refractivity contribution is 0.180. The number of hydrogen-bond donors (Lipinski definition) is 1. The highest BCUT2D eigenvalue weighted by atomic mass is 32.2. The first-order valence-corrected chi connectivity index (χ1v) is 7.13. The molecule has 18 heavy (non-hydrogen) atoms. The van der Waals surface area contributed by atoms with Gasteiger partial charge in [-0.25, -0.2) is 13.4 Å². The van der Waals surface area contributed by atoms with Crippen molar-refractivity contribution in [2.75, 3.05) is 39.2 Å². The summed E-state index contributed by atoms with van der Waals surface area (Å²) in [6, 6.07) is 3.18. The molecule has 0 aromatic carbocycles. The standard InChI is InChI=1S/C11H19N3O3S/c1-4-14(7-8-17-3)18(15,16)10-5-6-11(12-2)13-9-10/h5-6,9H,4,7-8H2,1-3H3,(H,12,13). The molecule has 0 fully saturated rings. The number of ether oxygens (including phenoxy) is 1. The van der Waals surface area contributed by atoms with E-state index < -0.39 is 10.0 Å². The average Bonchev–Trinajstić information content (AvgIpc) is 2.39. The molecule has 1 aromatic rings. The fourth-order valence-corrected chi connectivity index (χ4v) is 2.85. The minimum Gasteiger partial charge on any atom is -0.383 e. The number of sulfonamides is 1. The zero-order valence-electron chi connectivity index (χ0n) is 10.9. The zero-order chi connectivity index (χ0) is 13.6. The van der Waals surface area contributed by atoms with Crippen LogP contribution in [0.25, 0.3) is 0 Å². The van der Waals surface area contributed by atoms with E-state index in [1.54, 1.807) is 33.2 Å². The van der Waals surface area contributed by atoms with Gasteiger partial charge in [-0.05, 0) is 12.1 Å². The second kappa shape index (κ2) is 6.67. The SMILES string of the molecule is CCN(CCOC)S(=O)(=O)c1ccc(NC)nc1. The molecular formula is C11H19N3O3S. The Balaban J connectivity index is 2.95.